The quantitative estimate of drug-likeness (QED) is 0.421. The van der Waals surface area contributed by atoms with Crippen LogP contribution < -0.4 is 17.0 Å². The summed E-state index contributed by atoms with van der Waals surface area (Å²) in [7, 11) is 0. The van der Waals surface area contributed by atoms with Crippen molar-refractivity contribution < 1.29 is 14.9 Å². The summed E-state index contributed by atoms with van der Waals surface area (Å²) in [5, 5.41) is 22.9. The lowest BCUT2D eigenvalue weighted by atomic mass is 9.92. The van der Waals surface area contributed by atoms with Crippen molar-refractivity contribution in [2.45, 2.75) is 30.9 Å². The average Bonchev–Trinajstić information content (AvgIpc) is 2.63. The van der Waals surface area contributed by atoms with Gasteiger partial charge in [-0.05, 0) is 6.92 Å². The number of aromatic amines is 1. The van der Waals surface area contributed by atoms with Crippen molar-refractivity contribution in [1.82, 2.24) is 14.8 Å². The zero-order valence-corrected chi connectivity index (χ0v) is 10.6. The lowest BCUT2D eigenvalue weighted by molar-refractivity contribution is -0.0530. The maximum atomic E-state index is 11.7. The number of nitrogens with one attached hydrogen (secondary N) is 1. The van der Waals surface area contributed by atoms with Gasteiger partial charge in [0.05, 0.1) is 6.61 Å². The van der Waals surface area contributed by atoms with Crippen LogP contribution in [-0.2, 0) is 4.74 Å². The Morgan fingerprint density at radius 3 is 2.90 bits per heavy atom. The number of rotatable bonds is 2. The van der Waals surface area contributed by atoms with Crippen LogP contribution in [0.3, 0.4) is 0 Å². The molecule has 9 heteroatoms. The monoisotopic (exact) mass is 282 g/mol. The standard InChI is InChI=1S/C11H14N4O5/c1-2-3-11(12)8(18)6(5-16)20-9(11)15-10(19)14-7(17)4-13-15/h4,6,8-9,16,18H,5,12H2,1H3,(H,14,17,19)/t6-,8+,9-,11?/m1/s1. The first-order valence-corrected chi connectivity index (χ1v) is 5.79. The fourth-order valence-electron chi connectivity index (χ4n) is 2.09. The molecular formula is C11H14N4O5. The van der Waals surface area contributed by atoms with Gasteiger partial charge in [0.1, 0.15) is 18.4 Å². The molecule has 1 aromatic heterocycles. The molecule has 0 spiro atoms. The van der Waals surface area contributed by atoms with Gasteiger partial charge in [0, 0.05) is 0 Å². The number of ether oxygens (including phenoxy) is 1. The first-order chi connectivity index (χ1) is 9.43. The number of aromatic nitrogens is 3. The highest BCUT2D eigenvalue weighted by Gasteiger charge is 2.54. The third-order valence-corrected chi connectivity index (χ3v) is 3.04. The van der Waals surface area contributed by atoms with Crippen molar-refractivity contribution in [3.63, 3.8) is 0 Å². The summed E-state index contributed by atoms with van der Waals surface area (Å²) in [5.41, 5.74) is 2.86. The molecule has 2 heterocycles. The summed E-state index contributed by atoms with van der Waals surface area (Å²) >= 11 is 0. The van der Waals surface area contributed by atoms with Crippen LogP contribution in [0.15, 0.2) is 15.8 Å². The van der Waals surface area contributed by atoms with E-state index in [4.69, 9.17) is 15.6 Å². The second kappa shape index (κ2) is 5.18. The van der Waals surface area contributed by atoms with Crippen LogP contribution in [0.4, 0.5) is 0 Å². The Hall–Kier alpha value is -1.99. The minimum atomic E-state index is -1.63. The summed E-state index contributed by atoms with van der Waals surface area (Å²) in [5.74, 6) is 5.12. The van der Waals surface area contributed by atoms with Crippen molar-refractivity contribution in [3.8, 4) is 11.8 Å². The van der Waals surface area contributed by atoms with E-state index in [0.717, 1.165) is 10.9 Å². The normalized spacial score (nSPS) is 32.7. The van der Waals surface area contributed by atoms with Gasteiger partial charge in [0.25, 0.3) is 5.56 Å². The van der Waals surface area contributed by atoms with Crippen LogP contribution in [0.1, 0.15) is 13.2 Å². The molecule has 5 N–H and O–H groups in total. The molecule has 1 aliphatic heterocycles. The Kier molecular flexibility index (Phi) is 3.74. The van der Waals surface area contributed by atoms with E-state index in [0.29, 0.717) is 0 Å². The number of hydrogen-bond acceptors (Lipinski definition) is 7. The van der Waals surface area contributed by atoms with E-state index in [1.807, 2.05) is 4.98 Å². The van der Waals surface area contributed by atoms with E-state index in [-0.39, 0.29) is 0 Å². The van der Waals surface area contributed by atoms with Gasteiger partial charge >= 0.3 is 5.69 Å². The van der Waals surface area contributed by atoms with Gasteiger partial charge in [0.2, 0.25) is 0 Å². The zero-order chi connectivity index (χ0) is 14.9. The van der Waals surface area contributed by atoms with Gasteiger partial charge in [-0.2, -0.15) is 9.78 Å². The molecule has 9 nitrogen and oxygen atoms in total. The Morgan fingerprint density at radius 1 is 1.65 bits per heavy atom. The average molecular weight is 282 g/mol. The molecule has 0 aliphatic carbocycles. The van der Waals surface area contributed by atoms with Crippen molar-refractivity contribution in [3.05, 3.63) is 27.0 Å². The lowest BCUT2D eigenvalue weighted by Gasteiger charge is -2.26. The highest BCUT2D eigenvalue weighted by molar-refractivity contribution is 5.24. The molecule has 0 aromatic carbocycles. The highest BCUT2D eigenvalue weighted by atomic mass is 16.5. The largest absolute Gasteiger partial charge is 0.394 e. The molecule has 0 bridgehead atoms. The van der Waals surface area contributed by atoms with Crippen LogP contribution in [0, 0.1) is 11.8 Å². The van der Waals surface area contributed by atoms with Crippen LogP contribution in [0.25, 0.3) is 0 Å². The molecule has 2 rings (SSSR count). The fourth-order valence-corrected chi connectivity index (χ4v) is 2.09. The topological polar surface area (TPSA) is 143 Å². The number of H-pyrrole nitrogens is 1. The molecule has 108 valence electrons. The van der Waals surface area contributed by atoms with Gasteiger partial charge in [-0.25, -0.2) is 4.79 Å². The second-order valence-corrected chi connectivity index (χ2v) is 4.35. The van der Waals surface area contributed by atoms with E-state index in [2.05, 4.69) is 16.9 Å². The number of aliphatic hydroxyl groups excluding tert-OH is 2. The van der Waals surface area contributed by atoms with Gasteiger partial charge < -0.3 is 20.7 Å². The minimum absolute atomic E-state index is 0.500. The molecule has 1 aromatic rings. The van der Waals surface area contributed by atoms with Crippen molar-refractivity contribution in [1.29, 1.82) is 0 Å². The minimum Gasteiger partial charge on any atom is -0.394 e. The van der Waals surface area contributed by atoms with Crippen molar-refractivity contribution in [2.24, 2.45) is 5.73 Å². The first-order valence-electron chi connectivity index (χ1n) is 5.79. The molecule has 1 fully saturated rings. The molecule has 0 radical (unpaired) electrons. The summed E-state index contributed by atoms with van der Waals surface area (Å²) in [6.07, 6.45) is -2.67. The summed E-state index contributed by atoms with van der Waals surface area (Å²) in [6.45, 7) is 1.01. The third kappa shape index (κ3) is 2.14. The molecule has 20 heavy (non-hydrogen) atoms. The Morgan fingerprint density at radius 2 is 2.35 bits per heavy atom. The summed E-state index contributed by atoms with van der Waals surface area (Å²) in [6, 6.07) is 0. The predicted molar refractivity (Wildman–Crippen MR) is 66.5 cm³/mol. The van der Waals surface area contributed by atoms with Gasteiger partial charge in [0.15, 0.2) is 11.8 Å². The molecule has 0 amide bonds. The van der Waals surface area contributed by atoms with Crippen LogP contribution >= 0.6 is 0 Å². The van der Waals surface area contributed by atoms with E-state index in [1.165, 1.54) is 6.92 Å². The molecule has 1 unspecified atom stereocenters. The van der Waals surface area contributed by atoms with E-state index >= 15 is 0 Å². The SMILES string of the molecule is CC#CC1(N)[C@@H](O)[C@@H](CO)O[C@H]1n1ncc(=O)[nH]c1=O. The molecule has 0 saturated carbocycles. The van der Waals surface area contributed by atoms with Crippen LogP contribution in [0.2, 0.25) is 0 Å². The second-order valence-electron chi connectivity index (χ2n) is 4.35. The third-order valence-electron chi connectivity index (χ3n) is 3.04. The Labute approximate surface area is 113 Å². The van der Waals surface area contributed by atoms with Crippen molar-refractivity contribution >= 4 is 0 Å². The van der Waals surface area contributed by atoms with Crippen LogP contribution in [-0.4, -0.2) is 49.3 Å². The van der Waals surface area contributed by atoms with Gasteiger partial charge in [-0.3, -0.25) is 9.78 Å². The Balaban J connectivity index is 2.55. The van der Waals surface area contributed by atoms with Gasteiger partial charge in [-0.15, -0.1) is 5.92 Å². The lowest BCUT2D eigenvalue weighted by Crippen LogP contribution is -2.55. The molecule has 1 aliphatic rings. The molecule has 4 atom stereocenters. The number of nitrogens with zero attached hydrogens (tertiary/aromatic N) is 2. The van der Waals surface area contributed by atoms with E-state index in [9.17, 15) is 14.7 Å². The number of aliphatic hydroxyl groups is 2. The highest BCUT2D eigenvalue weighted by Crippen LogP contribution is 2.34. The summed E-state index contributed by atoms with van der Waals surface area (Å²) in [4.78, 5) is 24.8. The zero-order valence-electron chi connectivity index (χ0n) is 10.6. The van der Waals surface area contributed by atoms with Gasteiger partial charge in [-0.1, -0.05) is 5.92 Å². The maximum Gasteiger partial charge on any atom is 0.347 e. The van der Waals surface area contributed by atoms with Crippen LogP contribution in [0.5, 0.6) is 0 Å². The Bertz CT molecular complexity index is 672. The fraction of sp³-hybridized carbons (Fsp3) is 0.545. The number of nitrogens with two attached hydrogens (primary N) is 1. The van der Waals surface area contributed by atoms with E-state index < -0.39 is 41.8 Å². The molecule has 1 saturated heterocycles. The van der Waals surface area contributed by atoms with Crippen molar-refractivity contribution in [2.75, 3.05) is 6.61 Å². The first kappa shape index (κ1) is 14.4. The molecular weight excluding hydrogens is 268 g/mol. The number of hydrogen-bond donors (Lipinski definition) is 4. The van der Waals surface area contributed by atoms with E-state index in [1.54, 1.807) is 0 Å². The summed E-state index contributed by atoms with van der Waals surface area (Å²) < 4.78 is 6.13. The maximum absolute atomic E-state index is 11.7. The predicted octanol–water partition coefficient (Wildman–Crippen LogP) is -3.10. The smallest absolute Gasteiger partial charge is 0.347 e.